The van der Waals surface area contributed by atoms with Gasteiger partial charge in [-0.1, -0.05) is 56.3 Å². The quantitative estimate of drug-likeness (QED) is 0.699. The fourth-order valence-electron chi connectivity index (χ4n) is 4.20. The first-order valence-electron chi connectivity index (χ1n) is 9.66. The highest BCUT2D eigenvalue weighted by Crippen LogP contribution is 2.32. The number of ether oxygens (including phenoxy) is 1. The maximum atomic E-state index is 5.56. The highest BCUT2D eigenvalue weighted by Gasteiger charge is 2.26. The topological polar surface area (TPSA) is 12.5 Å². The fraction of sp³-hybridized carbons (Fsp3) is 0.478. The van der Waals surface area contributed by atoms with Crippen LogP contribution in [-0.2, 0) is 12.8 Å². The van der Waals surface area contributed by atoms with Gasteiger partial charge in [0.2, 0.25) is 0 Å². The van der Waals surface area contributed by atoms with E-state index in [0.29, 0.717) is 12.0 Å². The van der Waals surface area contributed by atoms with Gasteiger partial charge >= 0.3 is 0 Å². The molecule has 2 aromatic rings. The van der Waals surface area contributed by atoms with E-state index in [0.717, 1.165) is 25.1 Å². The molecule has 0 amide bonds. The molecule has 2 nitrogen and oxygen atoms in total. The lowest BCUT2D eigenvalue weighted by atomic mass is 9.86. The van der Waals surface area contributed by atoms with Gasteiger partial charge in [-0.2, -0.15) is 0 Å². The normalized spacial score (nSPS) is 18.0. The van der Waals surface area contributed by atoms with Crippen molar-refractivity contribution in [1.82, 2.24) is 4.90 Å². The van der Waals surface area contributed by atoms with Gasteiger partial charge in [0.25, 0.3) is 0 Å². The fourth-order valence-corrected chi connectivity index (χ4v) is 4.20. The van der Waals surface area contributed by atoms with Gasteiger partial charge in [0.05, 0.1) is 7.11 Å². The van der Waals surface area contributed by atoms with Gasteiger partial charge in [-0.05, 0) is 60.9 Å². The first-order valence-corrected chi connectivity index (χ1v) is 9.66. The zero-order valence-electron chi connectivity index (χ0n) is 15.9. The predicted octanol–water partition coefficient (Wildman–Crippen LogP) is 5.07. The Hall–Kier alpha value is -1.80. The average molecular weight is 338 g/mol. The molecule has 3 rings (SSSR count). The van der Waals surface area contributed by atoms with Gasteiger partial charge in [-0.25, -0.2) is 0 Å². The minimum absolute atomic E-state index is 0.569. The Labute approximate surface area is 152 Å². The van der Waals surface area contributed by atoms with Crippen LogP contribution in [0.3, 0.4) is 0 Å². The first kappa shape index (κ1) is 18.0. The molecule has 2 atom stereocenters. The number of rotatable bonds is 7. The number of hydrogen-bond donors (Lipinski definition) is 0. The molecule has 2 unspecified atom stereocenters. The highest BCUT2D eigenvalue weighted by molar-refractivity contribution is 5.42. The number of nitrogens with zero attached hydrogens (tertiary/aromatic N) is 1. The van der Waals surface area contributed by atoms with E-state index in [4.69, 9.17) is 4.74 Å². The van der Waals surface area contributed by atoms with E-state index in [1.54, 1.807) is 7.11 Å². The van der Waals surface area contributed by atoms with Crippen molar-refractivity contribution < 1.29 is 4.74 Å². The van der Waals surface area contributed by atoms with E-state index in [1.165, 1.54) is 36.1 Å². The first-order chi connectivity index (χ1) is 12.2. The second kappa shape index (κ2) is 8.53. The summed E-state index contributed by atoms with van der Waals surface area (Å²) in [6.07, 6.45) is 4.72. The van der Waals surface area contributed by atoms with Crippen molar-refractivity contribution in [1.29, 1.82) is 0 Å². The SMILES string of the molecule is CCCN(CC(C)c1ccccc1)C1CCc2c(cccc2OC)C1. The van der Waals surface area contributed by atoms with Crippen molar-refractivity contribution >= 4 is 0 Å². The van der Waals surface area contributed by atoms with Crippen LogP contribution in [0.1, 0.15) is 49.3 Å². The van der Waals surface area contributed by atoms with E-state index in [1.807, 2.05) is 0 Å². The molecule has 0 saturated heterocycles. The lowest BCUT2D eigenvalue weighted by Crippen LogP contribution is -2.41. The largest absolute Gasteiger partial charge is 0.496 e. The van der Waals surface area contributed by atoms with Crippen LogP contribution in [0.15, 0.2) is 48.5 Å². The smallest absolute Gasteiger partial charge is 0.122 e. The summed E-state index contributed by atoms with van der Waals surface area (Å²) in [5.41, 5.74) is 4.35. The van der Waals surface area contributed by atoms with E-state index < -0.39 is 0 Å². The Balaban J connectivity index is 1.73. The van der Waals surface area contributed by atoms with E-state index >= 15 is 0 Å². The number of methoxy groups -OCH3 is 1. The molecule has 2 heteroatoms. The minimum Gasteiger partial charge on any atom is -0.496 e. The molecule has 1 aliphatic rings. The summed E-state index contributed by atoms with van der Waals surface area (Å²) in [4.78, 5) is 2.72. The average Bonchev–Trinajstić information content (AvgIpc) is 2.67. The van der Waals surface area contributed by atoms with Crippen LogP contribution in [0.25, 0.3) is 0 Å². The Bertz CT molecular complexity index is 667. The van der Waals surface area contributed by atoms with Crippen molar-refractivity contribution in [2.45, 2.75) is 51.5 Å². The van der Waals surface area contributed by atoms with E-state index in [-0.39, 0.29) is 0 Å². The third-order valence-corrected chi connectivity index (χ3v) is 5.54. The van der Waals surface area contributed by atoms with Gasteiger partial charge in [0.1, 0.15) is 5.75 Å². The van der Waals surface area contributed by atoms with Crippen LogP contribution in [0.5, 0.6) is 5.75 Å². The lowest BCUT2D eigenvalue weighted by molar-refractivity contribution is 0.171. The lowest BCUT2D eigenvalue weighted by Gasteiger charge is -2.37. The molecule has 0 bridgehead atoms. The molecule has 0 spiro atoms. The molecule has 1 aliphatic carbocycles. The standard InChI is InChI=1S/C23H31NO/c1-4-15-24(17-18(2)19-9-6-5-7-10-19)21-13-14-22-20(16-21)11-8-12-23(22)25-3/h5-12,18,21H,4,13-17H2,1-3H3. The zero-order chi connectivity index (χ0) is 17.6. The maximum absolute atomic E-state index is 5.56. The molecule has 0 N–H and O–H groups in total. The Morgan fingerprint density at radius 2 is 1.92 bits per heavy atom. The van der Waals surface area contributed by atoms with Gasteiger partial charge in [0.15, 0.2) is 0 Å². The molecule has 134 valence electrons. The number of benzene rings is 2. The molecule has 0 radical (unpaired) electrons. The summed E-state index contributed by atoms with van der Waals surface area (Å²) in [5, 5.41) is 0. The van der Waals surface area contributed by atoms with Crippen molar-refractivity contribution in [2.75, 3.05) is 20.2 Å². The summed E-state index contributed by atoms with van der Waals surface area (Å²) in [5.74, 6) is 1.63. The van der Waals surface area contributed by atoms with Crippen LogP contribution < -0.4 is 4.74 Å². The molecular formula is C23H31NO. The second-order valence-corrected chi connectivity index (χ2v) is 7.30. The molecule has 0 fully saturated rings. The van der Waals surface area contributed by atoms with E-state index in [2.05, 4.69) is 67.3 Å². The highest BCUT2D eigenvalue weighted by atomic mass is 16.5. The Morgan fingerprint density at radius 1 is 1.12 bits per heavy atom. The summed E-state index contributed by atoms with van der Waals surface area (Å²) in [7, 11) is 1.78. The van der Waals surface area contributed by atoms with Crippen LogP contribution in [0.2, 0.25) is 0 Å². The van der Waals surface area contributed by atoms with Crippen LogP contribution in [0, 0.1) is 0 Å². The summed E-state index contributed by atoms with van der Waals surface area (Å²) >= 11 is 0. The molecular weight excluding hydrogens is 306 g/mol. The van der Waals surface area contributed by atoms with Crippen molar-refractivity contribution in [3.63, 3.8) is 0 Å². The van der Waals surface area contributed by atoms with Crippen molar-refractivity contribution in [3.8, 4) is 5.75 Å². The Kier molecular flexibility index (Phi) is 6.14. The van der Waals surface area contributed by atoms with Gasteiger partial charge in [-0.15, -0.1) is 0 Å². The van der Waals surface area contributed by atoms with Gasteiger partial charge < -0.3 is 4.74 Å². The van der Waals surface area contributed by atoms with Crippen LogP contribution in [-0.4, -0.2) is 31.1 Å². The minimum atomic E-state index is 0.569. The molecule has 2 aromatic carbocycles. The predicted molar refractivity (Wildman–Crippen MR) is 106 cm³/mol. The third-order valence-electron chi connectivity index (χ3n) is 5.54. The maximum Gasteiger partial charge on any atom is 0.122 e. The summed E-state index contributed by atoms with van der Waals surface area (Å²) in [6.45, 7) is 6.97. The Morgan fingerprint density at radius 3 is 2.64 bits per heavy atom. The summed E-state index contributed by atoms with van der Waals surface area (Å²) < 4.78 is 5.56. The molecule has 0 heterocycles. The van der Waals surface area contributed by atoms with Crippen LogP contribution in [0.4, 0.5) is 0 Å². The monoisotopic (exact) mass is 337 g/mol. The summed E-state index contributed by atoms with van der Waals surface area (Å²) in [6, 6.07) is 18.1. The number of fused-ring (bicyclic) bond motifs is 1. The third kappa shape index (κ3) is 4.24. The second-order valence-electron chi connectivity index (χ2n) is 7.30. The number of hydrogen-bond acceptors (Lipinski definition) is 2. The molecule has 0 saturated carbocycles. The van der Waals surface area contributed by atoms with Crippen molar-refractivity contribution in [2.24, 2.45) is 0 Å². The molecule has 0 aromatic heterocycles. The van der Waals surface area contributed by atoms with Gasteiger partial charge in [-0.3, -0.25) is 4.90 Å². The van der Waals surface area contributed by atoms with Crippen molar-refractivity contribution in [3.05, 3.63) is 65.2 Å². The molecule has 0 aliphatic heterocycles. The molecule has 25 heavy (non-hydrogen) atoms. The van der Waals surface area contributed by atoms with Crippen LogP contribution >= 0.6 is 0 Å². The van der Waals surface area contributed by atoms with E-state index in [9.17, 15) is 0 Å². The van der Waals surface area contributed by atoms with Gasteiger partial charge in [0, 0.05) is 12.6 Å². The zero-order valence-corrected chi connectivity index (χ0v) is 15.9.